The molecule has 0 amide bonds. The largest absolute Gasteiger partial charge is 1.00 e. The zero-order valence-electron chi connectivity index (χ0n) is 9.25. The van der Waals surface area contributed by atoms with Crippen molar-refractivity contribution in [1.82, 2.24) is 5.32 Å². The highest BCUT2D eigenvalue weighted by atomic mass is 35.5. The van der Waals surface area contributed by atoms with Crippen molar-refractivity contribution in [1.29, 1.82) is 0 Å². The van der Waals surface area contributed by atoms with E-state index in [0.717, 1.165) is 13.1 Å². The Labute approximate surface area is 98.3 Å². The van der Waals surface area contributed by atoms with Gasteiger partial charge in [0.2, 0.25) is 0 Å². The fourth-order valence-electron chi connectivity index (χ4n) is 2.12. The van der Waals surface area contributed by atoms with E-state index in [-0.39, 0.29) is 12.4 Å². The Morgan fingerprint density at radius 3 is 2.33 bits per heavy atom. The molecule has 1 fully saturated rings. The summed E-state index contributed by atoms with van der Waals surface area (Å²) in [6.45, 7) is 5.97. The predicted octanol–water partition coefficient (Wildman–Crippen LogP) is -1.76. The summed E-state index contributed by atoms with van der Waals surface area (Å²) >= 11 is 0. The van der Waals surface area contributed by atoms with Crippen molar-refractivity contribution in [2.75, 3.05) is 33.2 Å². The number of likely N-dealkylation sites (N-methyl/N-ethyl adjacent to an activating group) is 1. The van der Waals surface area contributed by atoms with Gasteiger partial charge in [0, 0.05) is 18.7 Å². The molecule has 0 spiro atoms. The number of hydrogen-bond acceptors (Lipinski definition) is 1. The zero-order chi connectivity index (χ0) is 9.86. The van der Waals surface area contributed by atoms with Crippen molar-refractivity contribution in [3.05, 3.63) is 35.9 Å². The molecule has 1 aliphatic rings. The lowest BCUT2D eigenvalue weighted by Crippen LogP contribution is -3.00. The number of nitrogens with zero attached hydrogens (tertiary/aromatic N) is 1. The molecule has 0 aromatic heterocycles. The summed E-state index contributed by atoms with van der Waals surface area (Å²) in [5, 5.41) is 3.41. The van der Waals surface area contributed by atoms with Gasteiger partial charge in [0.05, 0.1) is 20.1 Å². The summed E-state index contributed by atoms with van der Waals surface area (Å²) in [4.78, 5) is 0. The van der Waals surface area contributed by atoms with Crippen LogP contribution >= 0.6 is 0 Å². The molecule has 0 saturated carbocycles. The van der Waals surface area contributed by atoms with Gasteiger partial charge >= 0.3 is 0 Å². The number of benzene rings is 1. The first-order valence-corrected chi connectivity index (χ1v) is 5.37. The molecule has 0 bridgehead atoms. The summed E-state index contributed by atoms with van der Waals surface area (Å²) in [6, 6.07) is 10.8. The molecule has 0 atom stereocenters. The van der Waals surface area contributed by atoms with Gasteiger partial charge in [0.1, 0.15) is 6.54 Å². The average Bonchev–Trinajstić information content (AvgIpc) is 2.19. The minimum absolute atomic E-state index is 0. The third kappa shape index (κ3) is 3.49. The lowest BCUT2D eigenvalue weighted by Gasteiger charge is -2.38. The number of halogens is 1. The van der Waals surface area contributed by atoms with Crippen molar-refractivity contribution in [3.8, 4) is 0 Å². The maximum Gasteiger partial charge on any atom is 0.104 e. The van der Waals surface area contributed by atoms with Crippen LogP contribution in [0, 0.1) is 0 Å². The Morgan fingerprint density at radius 1 is 1.13 bits per heavy atom. The van der Waals surface area contributed by atoms with Crippen LogP contribution in [0.4, 0.5) is 0 Å². The highest BCUT2D eigenvalue weighted by Crippen LogP contribution is 2.12. The number of nitrogens with one attached hydrogen (secondary N) is 1. The van der Waals surface area contributed by atoms with Crippen molar-refractivity contribution in [2.45, 2.75) is 6.54 Å². The first kappa shape index (κ1) is 12.5. The Balaban J connectivity index is 0.00000112. The van der Waals surface area contributed by atoms with Gasteiger partial charge in [-0.15, -0.1) is 0 Å². The molecule has 1 saturated heterocycles. The molecule has 0 radical (unpaired) electrons. The maximum atomic E-state index is 3.41. The third-order valence-corrected chi connectivity index (χ3v) is 3.06. The molecule has 0 aliphatic carbocycles. The Kier molecular flexibility index (Phi) is 4.58. The lowest BCUT2D eigenvalue weighted by molar-refractivity contribution is -0.924. The molecule has 2 rings (SSSR count). The van der Waals surface area contributed by atoms with Crippen LogP contribution in [-0.4, -0.2) is 37.7 Å². The van der Waals surface area contributed by atoms with Gasteiger partial charge in [-0.25, -0.2) is 0 Å². The summed E-state index contributed by atoms with van der Waals surface area (Å²) < 4.78 is 1.18. The van der Waals surface area contributed by atoms with Crippen LogP contribution in [0.2, 0.25) is 0 Å². The number of rotatable bonds is 2. The van der Waals surface area contributed by atoms with Crippen LogP contribution in [0.3, 0.4) is 0 Å². The second kappa shape index (κ2) is 5.50. The van der Waals surface area contributed by atoms with E-state index in [0.29, 0.717) is 0 Å². The molecule has 1 N–H and O–H groups in total. The van der Waals surface area contributed by atoms with Gasteiger partial charge in [0.15, 0.2) is 0 Å². The molecule has 84 valence electrons. The first-order chi connectivity index (χ1) is 6.79. The van der Waals surface area contributed by atoms with E-state index in [4.69, 9.17) is 0 Å². The topological polar surface area (TPSA) is 12.0 Å². The minimum Gasteiger partial charge on any atom is -1.00 e. The van der Waals surface area contributed by atoms with Crippen molar-refractivity contribution >= 4 is 0 Å². The van der Waals surface area contributed by atoms with E-state index >= 15 is 0 Å². The standard InChI is InChI=1S/C12H19N2.ClH/c1-14(9-7-13-8-10-14)11-12-5-3-2-4-6-12;/h2-6,13H,7-11H2,1H3;1H/q+1;/p-1. The van der Waals surface area contributed by atoms with Gasteiger partial charge in [-0.05, 0) is 0 Å². The number of piperazine rings is 1. The SMILES string of the molecule is C[N+]1(Cc2ccccc2)CCNCC1.[Cl-]. The fraction of sp³-hybridized carbons (Fsp3) is 0.500. The number of quaternary nitrogens is 1. The molecule has 1 heterocycles. The van der Waals surface area contributed by atoms with Crippen LogP contribution in [-0.2, 0) is 6.54 Å². The molecule has 1 aromatic carbocycles. The second-order valence-electron chi connectivity index (χ2n) is 4.46. The molecule has 15 heavy (non-hydrogen) atoms. The van der Waals surface area contributed by atoms with Crippen molar-refractivity contribution in [3.63, 3.8) is 0 Å². The van der Waals surface area contributed by atoms with E-state index < -0.39 is 0 Å². The second-order valence-corrected chi connectivity index (χ2v) is 4.46. The predicted molar refractivity (Wildman–Crippen MR) is 58.9 cm³/mol. The molecular formula is C12H19ClN2. The molecule has 1 aromatic rings. The normalized spacial score (nSPS) is 19.3. The van der Waals surface area contributed by atoms with Crippen LogP contribution in [0.15, 0.2) is 30.3 Å². The maximum absolute atomic E-state index is 3.41. The monoisotopic (exact) mass is 226 g/mol. The van der Waals surface area contributed by atoms with Crippen LogP contribution in [0.25, 0.3) is 0 Å². The Hall–Kier alpha value is -0.570. The molecular weight excluding hydrogens is 208 g/mol. The van der Waals surface area contributed by atoms with Crippen LogP contribution in [0.1, 0.15) is 5.56 Å². The first-order valence-electron chi connectivity index (χ1n) is 5.37. The van der Waals surface area contributed by atoms with E-state index in [9.17, 15) is 0 Å². The summed E-state index contributed by atoms with van der Waals surface area (Å²) in [5.74, 6) is 0. The summed E-state index contributed by atoms with van der Waals surface area (Å²) in [6.07, 6.45) is 0. The van der Waals surface area contributed by atoms with Crippen molar-refractivity contribution < 1.29 is 16.9 Å². The lowest BCUT2D eigenvalue weighted by atomic mass is 10.1. The van der Waals surface area contributed by atoms with E-state index in [1.54, 1.807) is 0 Å². The Bertz CT molecular complexity index is 281. The molecule has 0 unspecified atom stereocenters. The van der Waals surface area contributed by atoms with E-state index in [1.807, 2.05) is 0 Å². The van der Waals surface area contributed by atoms with Crippen LogP contribution < -0.4 is 17.7 Å². The zero-order valence-corrected chi connectivity index (χ0v) is 10.0. The molecule has 2 nitrogen and oxygen atoms in total. The third-order valence-electron chi connectivity index (χ3n) is 3.06. The molecule has 1 aliphatic heterocycles. The minimum atomic E-state index is 0. The van der Waals surface area contributed by atoms with E-state index in [2.05, 4.69) is 42.7 Å². The van der Waals surface area contributed by atoms with Gasteiger partial charge in [-0.3, -0.25) is 0 Å². The highest BCUT2D eigenvalue weighted by molar-refractivity contribution is 5.13. The van der Waals surface area contributed by atoms with Gasteiger partial charge in [-0.1, -0.05) is 30.3 Å². The summed E-state index contributed by atoms with van der Waals surface area (Å²) in [5.41, 5.74) is 1.46. The number of hydrogen-bond donors (Lipinski definition) is 1. The van der Waals surface area contributed by atoms with Gasteiger partial charge in [0.25, 0.3) is 0 Å². The fourth-order valence-corrected chi connectivity index (χ4v) is 2.12. The quantitative estimate of drug-likeness (QED) is 0.590. The highest BCUT2D eigenvalue weighted by Gasteiger charge is 2.24. The van der Waals surface area contributed by atoms with Crippen LogP contribution in [0.5, 0.6) is 0 Å². The summed E-state index contributed by atoms with van der Waals surface area (Å²) in [7, 11) is 2.36. The Morgan fingerprint density at radius 2 is 1.73 bits per heavy atom. The van der Waals surface area contributed by atoms with Gasteiger partial charge in [-0.2, -0.15) is 0 Å². The average molecular weight is 227 g/mol. The molecule has 3 heteroatoms. The van der Waals surface area contributed by atoms with Gasteiger partial charge < -0.3 is 22.2 Å². The van der Waals surface area contributed by atoms with Crippen molar-refractivity contribution in [2.24, 2.45) is 0 Å². The smallest absolute Gasteiger partial charge is 0.104 e. The van der Waals surface area contributed by atoms with E-state index in [1.165, 1.54) is 29.7 Å².